The Morgan fingerprint density at radius 3 is 2.70 bits per heavy atom. The lowest BCUT2D eigenvalue weighted by atomic mass is 10.1. The van der Waals surface area contributed by atoms with E-state index in [1.807, 2.05) is 25.2 Å². The fraction of sp³-hybridized carbons (Fsp3) is 0.286. The Morgan fingerprint density at radius 1 is 1.40 bits per heavy atom. The average molecular weight is 309 g/mol. The van der Waals surface area contributed by atoms with Gasteiger partial charge in [-0.15, -0.1) is 0 Å². The number of halogens is 1. The number of aryl methyl sites for hydroxylation is 1. The summed E-state index contributed by atoms with van der Waals surface area (Å²) in [6, 6.07) is 10.3. The maximum atomic E-state index is 6.04. The molecule has 1 atom stereocenters. The van der Waals surface area contributed by atoms with Crippen molar-refractivity contribution < 1.29 is 0 Å². The third-order valence-electron chi connectivity index (χ3n) is 3.07. The predicted octanol–water partition coefficient (Wildman–Crippen LogP) is 2.80. The van der Waals surface area contributed by atoms with E-state index in [2.05, 4.69) is 34.8 Å². The molecule has 1 aromatic heterocycles. The second-order valence-electron chi connectivity index (χ2n) is 4.52. The summed E-state index contributed by atoms with van der Waals surface area (Å²) in [5, 5.41) is 11.7. The Kier molecular flexibility index (Phi) is 4.98. The van der Waals surface area contributed by atoms with Crippen molar-refractivity contribution in [3.63, 3.8) is 0 Å². The van der Waals surface area contributed by atoms with Gasteiger partial charge >= 0.3 is 0 Å². The first kappa shape index (κ1) is 14.8. The van der Waals surface area contributed by atoms with Crippen molar-refractivity contribution in [3.8, 4) is 0 Å². The lowest BCUT2D eigenvalue weighted by Crippen LogP contribution is -2.36. The van der Waals surface area contributed by atoms with Crippen LogP contribution in [0.4, 0.5) is 0 Å². The lowest BCUT2D eigenvalue weighted by Gasteiger charge is -2.17. The largest absolute Gasteiger partial charge is 0.357 e. The van der Waals surface area contributed by atoms with Gasteiger partial charge in [0.25, 0.3) is 0 Å². The van der Waals surface area contributed by atoms with Gasteiger partial charge in [0.1, 0.15) is 0 Å². The summed E-state index contributed by atoms with van der Waals surface area (Å²) in [5.41, 5.74) is 2.10. The minimum atomic E-state index is 0.151. The topological polar surface area (TPSA) is 41.9 Å². The molecule has 20 heavy (non-hydrogen) atoms. The van der Waals surface area contributed by atoms with Crippen molar-refractivity contribution in [1.82, 2.24) is 20.4 Å². The van der Waals surface area contributed by atoms with Crippen LogP contribution in [0.2, 0.25) is 5.02 Å². The Bertz CT molecular complexity index is 563. The Hall–Kier alpha value is -1.59. The molecule has 2 rings (SSSR count). The molecule has 106 valence electrons. The molecule has 1 unspecified atom stereocenters. The van der Waals surface area contributed by atoms with Crippen LogP contribution in [0.25, 0.3) is 0 Å². The van der Waals surface area contributed by atoms with Crippen LogP contribution in [0.5, 0.6) is 0 Å². The van der Waals surface area contributed by atoms with Crippen molar-refractivity contribution in [1.29, 1.82) is 0 Å². The first-order valence-corrected chi connectivity index (χ1v) is 7.12. The fourth-order valence-electron chi connectivity index (χ4n) is 1.87. The van der Waals surface area contributed by atoms with Crippen LogP contribution >= 0.6 is 23.8 Å². The molecular weight excluding hydrogens is 292 g/mol. The van der Waals surface area contributed by atoms with Crippen LogP contribution in [0.15, 0.2) is 36.5 Å². The molecule has 0 aliphatic carbocycles. The number of aromatic nitrogens is 2. The van der Waals surface area contributed by atoms with Gasteiger partial charge in [-0.05, 0) is 24.7 Å². The zero-order chi connectivity index (χ0) is 14.5. The summed E-state index contributed by atoms with van der Waals surface area (Å²) < 4.78 is 1.73. The third-order valence-corrected chi connectivity index (χ3v) is 3.65. The van der Waals surface area contributed by atoms with Gasteiger partial charge < -0.3 is 10.6 Å². The molecule has 6 heteroatoms. The molecule has 0 bridgehead atoms. The molecule has 0 amide bonds. The molecule has 0 spiro atoms. The normalized spacial score (nSPS) is 11.9. The number of hydrogen-bond donors (Lipinski definition) is 2. The number of hydrogen-bond acceptors (Lipinski definition) is 2. The number of nitrogens with zero attached hydrogens (tertiary/aromatic N) is 2. The number of benzene rings is 1. The van der Waals surface area contributed by atoms with Crippen molar-refractivity contribution in [2.24, 2.45) is 7.05 Å². The van der Waals surface area contributed by atoms with Crippen LogP contribution in [-0.4, -0.2) is 14.9 Å². The van der Waals surface area contributed by atoms with Crippen molar-refractivity contribution in [2.75, 3.05) is 0 Å². The Morgan fingerprint density at radius 2 is 2.10 bits per heavy atom. The molecule has 0 fully saturated rings. The zero-order valence-electron chi connectivity index (χ0n) is 11.4. The van der Waals surface area contributed by atoms with Gasteiger partial charge in [0.05, 0.1) is 29.5 Å². The molecule has 2 aromatic rings. The van der Waals surface area contributed by atoms with Gasteiger partial charge in [-0.25, -0.2) is 0 Å². The summed E-state index contributed by atoms with van der Waals surface area (Å²) in [5.74, 6) is 0. The predicted molar refractivity (Wildman–Crippen MR) is 85.6 cm³/mol. The number of thiocarbonyl (C=S) groups is 1. The molecule has 0 radical (unpaired) electrons. The second kappa shape index (κ2) is 6.72. The molecule has 2 N–H and O–H groups in total. The maximum absolute atomic E-state index is 6.04. The highest BCUT2D eigenvalue weighted by Crippen LogP contribution is 2.14. The molecule has 0 aliphatic rings. The van der Waals surface area contributed by atoms with E-state index in [0.29, 0.717) is 16.7 Å². The van der Waals surface area contributed by atoms with E-state index in [1.54, 1.807) is 10.9 Å². The maximum Gasteiger partial charge on any atom is 0.167 e. The minimum absolute atomic E-state index is 0.151. The van der Waals surface area contributed by atoms with Crippen LogP contribution in [0, 0.1) is 0 Å². The summed E-state index contributed by atoms with van der Waals surface area (Å²) >= 11 is 11.3. The summed E-state index contributed by atoms with van der Waals surface area (Å²) in [7, 11) is 1.85. The molecule has 0 saturated heterocycles. The van der Waals surface area contributed by atoms with Gasteiger partial charge in [-0.3, -0.25) is 4.68 Å². The van der Waals surface area contributed by atoms with Gasteiger partial charge in [-0.1, -0.05) is 41.9 Å². The Labute approximate surface area is 129 Å². The molecular formula is C14H17ClN4S. The van der Waals surface area contributed by atoms with E-state index in [4.69, 9.17) is 23.8 Å². The molecule has 1 heterocycles. The summed E-state index contributed by atoms with van der Waals surface area (Å²) in [6.07, 6.45) is 1.63. The van der Waals surface area contributed by atoms with Gasteiger partial charge in [0, 0.05) is 7.05 Å². The van der Waals surface area contributed by atoms with Crippen LogP contribution < -0.4 is 10.6 Å². The van der Waals surface area contributed by atoms with E-state index in [-0.39, 0.29) is 6.04 Å². The highest BCUT2D eigenvalue weighted by Gasteiger charge is 2.09. The fourth-order valence-corrected chi connectivity index (χ4v) is 2.35. The van der Waals surface area contributed by atoms with Crippen molar-refractivity contribution in [2.45, 2.75) is 19.5 Å². The first-order chi connectivity index (χ1) is 9.58. The molecule has 4 nitrogen and oxygen atoms in total. The van der Waals surface area contributed by atoms with E-state index in [0.717, 1.165) is 5.69 Å². The SMILES string of the molecule is CC(NC(=S)NCc1c(Cl)cnn1C)c1ccccc1. The van der Waals surface area contributed by atoms with E-state index in [1.165, 1.54) is 5.56 Å². The van der Waals surface area contributed by atoms with Gasteiger partial charge in [0.2, 0.25) is 0 Å². The smallest absolute Gasteiger partial charge is 0.167 e. The van der Waals surface area contributed by atoms with E-state index in [9.17, 15) is 0 Å². The van der Waals surface area contributed by atoms with Gasteiger partial charge in [-0.2, -0.15) is 5.10 Å². The van der Waals surface area contributed by atoms with Crippen molar-refractivity contribution >= 4 is 28.9 Å². The van der Waals surface area contributed by atoms with Crippen LogP contribution in [0.3, 0.4) is 0 Å². The van der Waals surface area contributed by atoms with Crippen LogP contribution in [-0.2, 0) is 13.6 Å². The quantitative estimate of drug-likeness (QED) is 0.852. The number of rotatable bonds is 4. The second-order valence-corrected chi connectivity index (χ2v) is 5.34. The molecule has 1 aromatic carbocycles. The minimum Gasteiger partial charge on any atom is -0.357 e. The monoisotopic (exact) mass is 308 g/mol. The molecule has 0 saturated carbocycles. The summed E-state index contributed by atoms with van der Waals surface area (Å²) in [4.78, 5) is 0. The van der Waals surface area contributed by atoms with Crippen molar-refractivity contribution in [3.05, 3.63) is 52.8 Å². The lowest BCUT2D eigenvalue weighted by molar-refractivity contribution is 0.668. The zero-order valence-corrected chi connectivity index (χ0v) is 13.0. The highest BCUT2D eigenvalue weighted by atomic mass is 35.5. The number of nitrogens with one attached hydrogen (secondary N) is 2. The summed E-state index contributed by atoms with van der Waals surface area (Å²) in [6.45, 7) is 2.61. The average Bonchev–Trinajstić information content (AvgIpc) is 2.77. The highest BCUT2D eigenvalue weighted by molar-refractivity contribution is 7.80. The van der Waals surface area contributed by atoms with Gasteiger partial charge in [0.15, 0.2) is 5.11 Å². The molecule has 0 aliphatic heterocycles. The van der Waals surface area contributed by atoms with Crippen LogP contribution in [0.1, 0.15) is 24.2 Å². The third kappa shape index (κ3) is 3.71. The Balaban J connectivity index is 1.87. The van der Waals surface area contributed by atoms with E-state index < -0.39 is 0 Å². The standard InChI is InChI=1S/C14H17ClN4S/c1-10(11-6-4-3-5-7-11)18-14(20)16-9-13-12(15)8-17-19(13)2/h3-8,10H,9H2,1-2H3,(H2,16,18,20). The first-order valence-electron chi connectivity index (χ1n) is 6.33. The van der Waals surface area contributed by atoms with E-state index >= 15 is 0 Å².